The van der Waals surface area contributed by atoms with E-state index >= 15 is 0 Å². The van der Waals surface area contributed by atoms with E-state index in [2.05, 4.69) is 4.90 Å². The van der Waals surface area contributed by atoms with Crippen molar-refractivity contribution in [1.82, 2.24) is 4.90 Å². The summed E-state index contributed by atoms with van der Waals surface area (Å²) in [5.74, 6) is 0.292. The molecule has 4 heteroatoms. The number of hydrogen-bond donors (Lipinski definition) is 0. The van der Waals surface area contributed by atoms with Gasteiger partial charge in [-0.3, -0.25) is 4.21 Å². The minimum atomic E-state index is -1.86. The molecule has 66 valence electrons. The number of nitrogens with zero attached hydrogens (tertiary/aromatic N) is 1. The van der Waals surface area contributed by atoms with Crippen LogP contribution in [0.2, 0.25) is 0 Å². The normalized spacial score (nSPS) is 23.4. The van der Waals surface area contributed by atoms with Crippen molar-refractivity contribution >= 4 is 11.1 Å². The molecular weight excluding hydrogens is 162 g/mol. The van der Waals surface area contributed by atoms with Crippen molar-refractivity contribution in [1.29, 1.82) is 0 Å². The minimum absolute atomic E-state index is 0.292. The Labute approximate surface area is 70.1 Å². The number of rotatable bonds is 3. The van der Waals surface area contributed by atoms with E-state index in [1.807, 2.05) is 0 Å². The first-order chi connectivity index (χ1) is 5.29. The van der Waals surface area contributed by atoms with Gasteiger partial charge in [-0.15, -0.1) is 0 Å². The van der Waals surface area contributed by atoms with E-state index < -0.39 is 11.1 Å². The van der Waals surface area contributed by atoms with Crippen LogP contribution in [0.4, 0.5) is 0 Å². The van der Waals surface area contributed by atoms with Crippen LogP contribution >= 0.6 is 0 Å². The Bertz CT molecular complexity index is 134. The fraction of sp³-hybridized carbons (Fsp3) is 1.00. The van der Waals surface area contributed by atoms with Crippen molar-refractivity contribution in [2.75, 3.05) is 25.4 Å². The fourth-order valence-electron chi connectivity index (χ4n) is 1.39. The maximum Gasteiger partial charge on any atom is 0.0229 e. The summed E-state index contributed by atoms with van der Waals surface area (Å²) in [4.78, 5) is 2.22. The zero-order valence-electron chi connectivity index (χ0n) is 6.62. The molecule has 1 unspecified atom stereocenters. The Morgan fingerprint density at radius 2 is 1.91 bits per heavy atom. The van der Waals surface area contributed by atoms with Gasteiger partial charge < -0.3 is 9.45 Å². The van der Waals surface area contributed by atoms with Crippen LogP contribution in [-0.4, -0.2) is 39.0 Å². The summed E-state index contributed by atoms with van der Waals surface area (Å²) in [7, 11) is 0. The lowest BCUT2D eigenvalue weighted by Crippen LogP contribution is -2.32. The molecule has 1 heterocycles. The molecule has 0 spiro atoms. The van der Waals surface area contributed by atoms with E-state index in [-0.39, 0.29) is 0 Å². The Morgan fingerprint density at radius 1 is 1.27 bits per heavy atom. The average molecular weight is 176 g/mol. The maximum absolute atomic E-state index is 10.2. The lowest BCUT2D eigenvalue weighted by Gasteiger charge is -2.26. The molecule has 0 bridgehead atoms. The molecule has 0 radical (unpaired) electrons. The van der Waals surface area contributed by atoms with E-state index in [0.717, 1.165) is 19.6 Å². The molecule has 0 aromatic rings. The maximum atomic E-state index is 10.2. The van der Waals surface area contributed by atoms with E-state index in [0.29, 0.717) is 5.75 Å². The molecule has 3 nitrogen and oxygen atoms in total. The lowest BCUT2D eigenvalue weighted by atomic mass is 10.1. The second kappa shape index (κ2) is 4.85. The van der Waals surface area contributed by atoms with Crippen LogP contribution in [0.5, 0.6) is 0 Å². The highest BCUT2D eigenvalue weighted by Crippen LogP contribution is 2.07. The van der Waals surface area contributed by atoms with Gasteiger partial charge in [-0.25, -0.2) is 0 Å². The predicted octanol–water partition coefficient (Wildman–Crippen LogP) is 0.351. The topological polar surface area (TPSA) is 43.4 Å². The van der Waals surface area contributed by atoms with E-state index in [4.69, 9.17) is 0 Å². The second-order valence-electron chi connectivity index (χ2n) is 2.91. The Morgan fingerprint density at radius 3 is 2.45 bits per heavy atom. The van der Waals surface area contributed by atoms with Gasteiger partial charge in [0, 0.05) is 12.3 Å². The van der Waals surface area contributed by atoms with Gasteiger partial charge in [-0.2, -0.15) is 0 Å². The highest BCUT2D eigenvalue weighted by Gasteiger charge is 2.08. The summed E-state index contributed by atoms with van der Waals surface area (Å²) in [5.41, 5.74) is 0. The molecule has 0 saturated carbocycles. The highest BCUT2D eigenvalue weighted by atomic mass is 32.2. The molecule has 1 atom stereocenters. The van der Waals surface area contributed by atoms with Crippen LogP contribution in [-0.2, 0) is 11.1 Å². The Hall–Kier alpha value is 0.0700. The second-order valence-corrected chi connectivity index (χ2v) is 3.93. The van der Waals surface area contributed by atoms with Gasteiger partial charge in [0.25, 0.3) is 0 Å². The van der Waals surface area contributed by atoms with Crippen molar-refractivity contribution in [3.05, 3.63) is 0 Å². The van der Waals surface area contributed by atoms with Gasteiger partial charge in [0.15, 0.2) is 0 Å². The number of piperidine rings is 1. The lowest BCUT2D eigenvalue weighted by molar-refractivity contribution is 0.240. The summed E-state index contributed by atoms with van der Waals surface area (Å²) < 4.78 is 20.4. The van der Waals surface area contributed by atoms with Crippen molar-refractivity contribution in [3.8, 4) is 0 Å². The van der Waals surface area contributed by atoms with Crippen LogP contribution in [0, 0.1) is 0 Å². The predicted molar refractivity (Wildman–Crippen MR) is 44.1 cm³/mol. The third kappa shape index (κ3) is 3.84. The summed E-state index contributed by atoms with van der Waals surface area (Å²) in [5, 5.41) is 0. The quantitative estimate of drug-likeness (QED) is 0.583. The van der Waals surface area contributed by atoms with Crippen molar-refractivity contribution < 1.29 is 8.76 Å². The molecule has 0 aliphatic carbocycles. The zero-order valence-corrected chi connectivity index (χ0v) is 7.44. The first kappa shape index (κ1) is 9.16. The van der Waals surface area contributed by atoms with Gasteiger partial charge in [-0.1, -0.05) is 17.5 Å². The van der Waals surface area contributed by atoms with Gasteiger partial charge in [0.2, 0.25) is 0 Å². The third-order valence-electron chi connectivity index (χ3n) is 2.02. The molecule has 1 aliphatic heterocycles. The van der Waals surface area contributed by atoms with Gasteiger partial charge in [0.05, 0.1) is 0 Å². The van der Waals surface area contributed by atoms with Crippen LogP contribution < -0.4 is 0 Å². The van der Waals surface area contributed by atoms with E-state index in [1.165, 1.54) is 19.3 Å². The molecule has 1 saturated heterocycles. The molecule has 0 aromatic heterocycles. The van der Waals surface area contributed by atoms with Crippen LogP contribution in [0.25, 0.3) is 0 Å². The van der Waals surface area contributed by atoms with Crippen molar-refractivity contribution in [2.24, 2.45) is 0 Å². The van der Waals surface area contributed by atoms with E-state index in [9.17, 15) is 8.76 Å². The molecular formula is C7H14NO2S-. The van der Waals surface area contributed by atoms with Crippen LogP contribution in [0.15, 0.2) is 0 Å². The monoisotopic (exact) mass is 176 g/mol. The SMILES string of the molecule is O=S([O-])CCN1CCCCC1. The Kier molecular flexibility index (Phi) is 4.04. The van der Waals surface area contributed by atoms with Crippen molar-refractivity contribution in [2.45, 2.75) is 19.3 Å². The Balaban J connectivity index is 2.09. The van der Waals surface area contributed by atoms with Crippen LogP contribution in [0.3, 0.4) is 0 Å². The van der Waals surface area contributed by atoms with E-state index in [1.54, 1.807) is 0 Å². The number of likely N-dealkylation sites (tertiary alicyclic amines) is 1. The summed E-state index contributed by atoms with van der Waals surface area (Å²) in [6.07, 6.45) is 3.76. The molecule has 11 heavy (non-hydrogen) atoms. The molecule has 0 N–H and O–H groups in total. The average Bonchev–Trinajstić information content (AvgIpc) is 2.03. The summed E-state index contributed by atoms with van der Waals surface area (Å²) in [6, 6.07) is 0. The molecule has 1 fully saturated rings. The molecule has 1 rings (SSSR count). The van der Waals surface area contributed by atoms with Gasteiger partial charge in [0.1, 0.15) is 0 Å². The largest absolute Gasteiger partial charge is 0.772 e. The minimum Gasteiger partial charge on any atom is -0.772 e. The van der Waals surface area contributed by atoms with Gasteiger partial charge >= 0.3 is 0 Å². The fourth-order valence-corrected chi connectivity index (χ4v) is 1.79. The third-order valence-corrected chi connectivity index (χ3v) is 2.54. The first-order valence-corrected chi connectivity index (χ1v) is 5.31. The van der Waals surface area contributed by atoms with Gasteiger partial charge in [-0.05, 0) is 25.9 Å². The molecule has 1 aliphatic rings. The summed E-state index contributed by atoms with van der Waals surface area (Å²) in [6.45, 7) is 2.88. The highest BCUT2D eigenvalue weighted by molar-refractivity contribution is 7.79. The smallest absolute Gasteiger partial charge is 0.0229 e. The van der Waals surface area contributed by atoms with Crippen molar-refractivity contribution in [3.63, 3.8) is 0 Å². The molecule has 0 aromatic carbocycles. The zero-order chi connectivity index (χ0) is 8.10. The molecule has 0 amide bonds. The number of hydrogen-bond acceptors (Lipinski definition) is 3. The standard InChI is InChI=1S/C7H15NO2S/c9-11(10)7-6-8-4-2-1-3-5-8/h1-7H2,(H,9,10)/p-1. The van der Waals surface area contributed by atoms with Crippen LogP contribution in [0.1, 0.15) is 19.3 Å². The summed E-state index contributed by atoms with van der Waals surface area (Å²) >= 11 is -1.86. The first-order valence-electron chi connectivity index (χ1n) is 4.07.